The molecule has 3 amide bonds. The van der Waals surface area contributed by atoms with Crippen molar-refractivity contribution in [2.45, 2.75) is 38.8 Å². The second kappa shape index (κ2) is 10.2. The van der Waals surface area contributed by atoms with Gasteiger partial charge in [-0.2, -0.15) is 5.10 Å². The van der Waals surface area contributed by atoms with Gasteiger partial charge in [-0.25, -0.2) is 4.79 Å². The van der Waals surface area contributed by atoms with Gasteiger partial charge in [-0.15, -0.1) is 0 Å². The lowest BCUT2D eigenvalue weighted by Crippen LogP contribution is -2.30. The zero-order chi connectivity index (χ0) is 18.8. The minimum Gasteiger partial charge on any atom is -0.393 e. The number of aromatic nitrogens is 2. The van der Waals surface area contributed by atoms with E-state index in [0.29, 0.717) is 38.0 Å². The number of hydrogen-bond acceptors (Lipinski definition) is 4. The van der Waals surface area contributed by atoms with E-state index in [2.05, 4.69) is 26.1 Å². The second-order valence-electron chi connectivity index (χ2n) is 5.91. The summed E-state index contributed by atoms with van der Waals surface area (Å²) in [6, 6.07) is 9.09. The highest BCUT2D eigenvalue weighted by Crippen LogP contribution is 2.11. The van der Waals surface area contributed by atoms with Crippen LogP contribution in [0.2, 0.25) is 0 Å². The number of carbonyl (C=O) groups is 2. The fourth-order valence-electron chi connectivity index (χ4n) is 2.33. The molecule has 0 saturated carbocycles. The number of H-pyrrole nitrogens is 1. The molecule has 0 spiro atoms. The van der Waals surface area contributed by atoms with E-state index in [1.54, 1.807) is 0 Å². The number of aromatic amines is 1. The third kappa shape index (κ3) is 6.21. The number of nitrogens with zero attached hydrogens (tertiary/aromatic N) is 1. The molecule has 2 rings (SSSR count). The van der Waals surface area contributed by atoms with Crippen molar-refractivity contribution in [2.24, 2.45) is 0 Å². The van der Waals surface area contributed by atoms with Gasteiger partial charge in [0.05, 0.1) is 18.0 Å². The summed E-state index contributed by atoms with van der Waals surface area (Å²) in [5.74, 6) is -0.355. The maximum Gasteiger partial charge on any atom is 0.319 e. The molecule has 1 atom stereocenters. The van der Waals surface area contributed by atoms with Crippen LogP contribution in [0, 0.1) is 0 Å². The van der Waals surface area contributed by atoms with E-state index in [-0.39, 0.29) is 17.7 Å². The van der Waals surface area contributed by atoms with Crippen molar-refractivity contribution in [3.63, 3.8) is 0 Å². The monoisotopic (exact) mass is 359 g/mol. The smallest absolute Gasteiger partial charge is 0.319 e. The molecule has 1 aromatic heterocycles. The normalized spacial score (nSPS) is 11.6. The minimum absolute atomic E-state index is 0.191. The third-order valence-electron chi connectivity index (χ3n) is 3.88. The molecule has 26 heavy (non-hydrogen) atoms. The van der Waals surface area contributed by atoms with Crippen LogP contribution in [0.4, 0.5) is 10.5 Å². The Balaban J connectivity index is 1.79. The molecule has 140 valence electrons. The number of urea groups is 1. The lowest BCUT2D eigenvalue weighted by molar-refractivity contribution is 0.0944. The summed E-state index contributed by atoms with van der Waals surface area (Å²) < 4.78 is 0. The van der Waals surface area contributed by atoms with Crippen molar-refractivity contribution in [3.8, 4) is 0 Å². The zero-order valence-corrected chi connectivity index (χ0v) is 14.8. The SMILES string of the molecule is CCC(O)CCCNC(=O)c1[nH]ncc1NC(=O)NCc1ccccc1. The van der Waals surface area contributed by atoms with Crippen LogP contribution >= 0.6 is 0 Å². The molecule has 2 aromatic rings. The topological polar surface area (TPSA) is 119 Å². The first-order valence-electron chi connectivity index (χ1n) is 8.68. The zero-order valence-electron chi connectivity index (χ0n) is 14.8. The number of aliphatic hydroxyl groups is 1. The van der Waals surface area contributed by atoms with Crippen LogP contribution in [0.25, 0.3) is 0 Å². The van der Waals surface area contributed by atoms with Crippen molar-refractivity contribution in [3.05, 3.63) is 47.8 Å². The Labute approximate surface area is 152 Å². The van der Waals surface area contributed by atoms with Crippen LogP contribution in [0.15, 0.2) is 36.5 Å². The molecule has 0 aliphatic heterocycles. The van der Waals surface area contributed by atoms with Gasteiger partial charge in [-0.05, 0) is 24.8 Å². The number of benzene rings is 1. The molecule has 8 heteroatoms. The summed E-state index contributed by atoms with van der Waals surface area (Å²) in [7, 11) is 0. The third-order valence-corrected chi connectivity index (χ3v) is 3.88. The average Bonchev–Trinajstić information content (AvgIpc) is 3.12. The average molecular weight is 359 g/mol. The summed E-state index contributed by atoms with van der Waals surface area (Å²) in [6.45, 7) is 2.73. The maximum atomic E-state index is 12.2. The summed E-state index contributed by atoms with van der Waals surface area (Å²) in [4.78, 5) is 24.2. The molecule has 5 N–H and O–H groups in total. The van der Waals surface area contributed by atoms with Crippen LogP contribution in [-0.2, 0) is 6.54 Å². The molecule has 0 bridgehead atoms. The Morgan fingerprint density at radius 3 is 2.73 bits per heavy atom. The van der Waals surface area contributed by atoms with E-state index >= 15 is 0 Å². The van der Waals surface area contributed by atoms with Crippen LogP contribution in [0.3, 0.4) is 0 Å². The van der Waals surface area contributed by atoms with Gasteiger partial charge in [-0.3, -0.25) is 9.89 Å². The Morgan fingerprint density at radius 2 is 2.00 bits per heavy atom. The minimum atomic E-state index is -0.421. The first-order chi connectivity index (χ1) is 12.6. The predicted octanol–water partition coefficient (Wildman–Crippen LogP) is 2.01. The van der Waals surface area contributed by atoms with Gasteiger partial charge < -0.3 is 21.1 Å². The molecule has 1 heterocycles. The van der Waals surface area contributed by atoms with Crippen LogP contribution in [0.5, 0.6) is 0 Å². The maximum absolute atomic E-state index is 12.2. The Kier molecular flexibility index (Phi) is 7.63. The largest absolute Gasteiger partial charge is 0.393 e. The van der Waals surface area contributed by atoms with Gasteiger partial charge in [0, 0.05) is 13.1 Å². The van der Waals surface area contributed by atoms with E-state index in [1.807, 2.05) is 37.3 Å². The lowest BCUT2D eigenvalue weighted by Gasteiger charge is -2.09. The molecule has 0 saturated heterocycles. The summed E-state index contributed by atoms with van der Waals surface area (Å²) >= 11 is 0. The van der Waals surface area contributed by atoms with Crippen molar-refractivity contribution in [1.82, 2.24) is 20.8 Å². The molecular weight excluding hydrogens is 334 g/mol. The first-order valence-corrected chi connectivity index (χ1v) is 8.68. The van der Waals surface area contributed by atoms with Gasteiger partial charge in [0.25, 0.3) is 5.91 Å². The quantitative estimate of drug-likeness (QED) is 0.440. The number of anilines is 1. The van der Waals surface area contributed by atoms with Gasteiger partial charge >= 0.3 is 6.03 Å². The first kappa shape index (κ1) is 19.5. The van der Waals surface area contributed by atoms with Gasteiger partial charge in [0.2, 0.25) is 0 Å². The number of nitrogens with one attached hydrogen (secondary N) is 4. The molecular formula is C18H25N5O3. The molecule has 0 fully saturated rings. The fourth-order valence-corrected chi connectivity index (χ4v) is 2.33. The summed E-state index contributed by atoms with van der Waals surface area (Å²) in [5, 5.41) is 24.0. The van der Waals surface area contributed by atoms with Gasteiger partial charge in [0.15, 0.2) is 0 Å². The number of aliphatic hydroxyl groups excluding tert-OH is 1. The highest BCUT2D eigenvalue weighted by atomic mass is 16.3. The van der Waals surface area contributed by atoms with Crippen molar-refractivity contribution < 1.29 is 14.7 Å². The lowest BCUT2D eigenvalue weighted by atomic mass is 10.1. The highest BCUT2D eigenvalue weighted by Gasteiger charge is 2.15. The molecule has 0 aliphatic rings. The fraction of sp³-hybridized carbons (Fsp3) is 0.389. The Bertz CT molecular complexity index is 702. The molecule has 8 nitrogen and oxygen atoms in total. The standard InChI is InChI=1S/C18H25N5O3/c1-2-14(24)9-6-10-19-17(25)16-15(12-21-23-16)22-18(26)20-11-13-7-4-3-5-8-13/h3-5,7-8,12,14,24H,2,6,9-11H2,1H3,(H,19,25)(H,21,23)(H2,20,22,26). The van der Waals surface area contributed by atoms with Crippen LogP contribution in [-0.4, -0.2) is 39.9 Å². The summed E-state index contributed by atoms with van der Waals surface area (Å²) in [5.41, 5.74) is 1.47. The van der Waals surface area contributed by atoms with E-state index in [0.717, 1.165) is 5.56 Å². The molecule has 1 unspecified atom stereocenters. The molecule has 0 aliphatic carbocycles. The van der Waals surface area contributed by atoms with Crippen molar-refractivity contribution >= 4 is 17.6 Å². The molecule has 0 radical (unpaired) electrons. The number of carbonyl (C=O) groups excluding carboxylic acids is 2. The highest BCUT2D eigenvalue weighted by molar-refractivity contribution is 6.01. The van der Waals surface area contributed by atoms with E-state index in [9.17, 15) is 14.7 Å². The van der Waals surface area contributed by atoms with Crippen LogP contribution < -0.4 is 16.0 Å². The van der Waals surface area contributed by atoms with Crippen molar-refractivity contribution in [2.75, 3.05) is 11.9 Å². The van der Waals surface area contributed by atoms with E-state index in [4.69, 9.17) is 0 Å². The number of hydrogen-bond donors (Lipinski definition) is 5. The van der Waals surface area contributed by atoms with Gasteiger partial charge in [-0.1, -0.05) is 37.3 Å². The van der Waals surface area contributed by atoms with E-state index < -0.39 is 6.03 Å². The molecule has 1 aromatic carbocycles. The number of rotatable bonds is 9. The number of amides is 3. The Morgan fingerprint density at radius 1 is 1.23 bits per heavy atom. The second-order valence-corrected chi connectivity index (χ2v) is 5.91. The van der Waals surface area contributed by atoms with Crippen molar-refractivity contribution in [1.29, 1.82) is 0 Å². The Hall–Kier alpha value is -2.87. The summed E-state index contributed by atoms with van der Waals surface area (Å²) in [6.07, 6.45) is 3.05. The van der Waals surface area contributed by atoms with E-state index in [1.165, 1.54) is 6.20 Å². The predicted molar refractivity (Wildman–Crippen MR) is 98.8 cm³/mol. The van der Waals surface area contributed by atoms with Crippen LogP contribution in [0.1, 0.15) is 42.2 Å². The van der Waals surface area contributed by atoms with Gasteiger partial charge in [0.1, 0.15) is 5.69 Å².